The lowest BCUT2D eigenvalue weighted by Gasteiger charge is -2.28. The standard InChI is InChI=1S/C12H16FNO2/c13-8-5-6-9(14)12(7-8)16-11-4-2-1-3-10(11)15/h5-7,10-11,15H,1-4,14H2/t10-,11?/m0/s1. The van der Waals surface area contributed by atoms with E-state index in [1.165, 1.54) is 18.2 Å². The van der Waals surface area contributed by atoms with Crippen molar-refractivity contribution in [3.05, 3.63) is 24.0 Å². The number of nitrogens with two attached hydrogens (primary N) is 1. The number of rotatable bonds is 2. The minimum absolute atomic E-state index is 0.266. The number of halogens is 1. The van der Waals surface area contributed by atoms with E-state index >= 15 is 0 Å². The molecule has 88 valence electrons. The molecule has 1 aliphatic rings. The van der Waals surface area contributed by atoms with Crippen LogP contribution in [0.1, 0.15) is 25.7 Å². The van der Waals surface area contributed by atoms with Gasteiger partial charge in [0.15, 0.2) is 0 Å². The van der Waals surface area contributed by atoms with Crippen LogP contribution in [0, 0.1) is 5.82 Å². The Morgan fingerprint density at radius 1 is 1.31 bits per heavy atom. The Bertz CT molecular complexity index is 370. The van der Waals surface area contributed by atoms with E-state index in [2.05, 4.69) is 0 Å². The van der Waals surface area contributed by atoms with Gasteiger partial charge in [0.1, 0.15) is 17.7 Å². The van der Waals surface area contributed by atoms with Gasteiger partial charge in [0.2, 0.25) is 0 Å². The third-order valence-corrected chi connectivity index (χ3v) is 2.92. The topological polar surface area (TPSA) is 55.5 Å². The molecule has 2 atom stereocenters. The Balaban J connectivity index is 2.10. The maximum atomic E-state index is 13.0. The number of hydrogen-bond acceptors (Lipinski definition) is 3. The molecule has 0 bridgehead atoms. The third-order valence-electron chi connectivity index (χ3n) is 2.92. The summed E-state index contributed by atoms with van der Waals surface area (Å²) in [7, 11) is 0. The number of aliphatic hydroxyl groups is 1. The summed E-state index contributed by atoms with van der Waals surface area (Å²) in [5.74, 6) is -0.0551. The van der Waals surface area contributed by atoms with Gasteiger partial charge < -0.3 is 15.6 Å². The van der Waals surface area contributed by atoms with Gasteiger partial charge >= 0.3 is 0 Å². The SMILES string of the molecule is Nc1ccc(F)cc1OC1CCCC[C@@H]1O. The van der Waals surface area contributed by atoms with E-state index < -0.39 is 6.10 Å². The zero-order valence-electron chi connectivity index (χ0n) is 9.03. The summed E-state index contributed by atoms with van der Waals surface area (Å²) in [6.45, 7) is 0. The van der Waals surface area contributed by atoms with E-state index in [1.54, 1.807) is 0 Å². The monoisotopic (exact) mass is 225 g/mol. The molecular weight excluding hydrogens is 209 g/mol. The lowest BCUT2D eigenvalue weighted by atomic mass is 9.95. The second-order valence-corrected chi connectivity index (χ2v) is 4.19. The first-order valence-corrected chi connectivity index (χ1v) is 5.56. The van der Waals surface area contributed by atoms with Crippen LogP contribution < -0.4 is 10.5 Å². The molecule has 3 nitrogen and oxygen atoms in total. The van der Waals surface area contributed by atoms with Gasteiger partial charge in [-0.2, -0.15) is 0 Å². The minimum atomic E-state index is -0.476. The van der Waals surface area contributed by atoms with Crippen LogP contribution in [-0.4, -0.2) is 17.3 Å². The highest BCUT2D eigenvalue weighted by Crippen LogP contribution is 2.28. The predicted octanol–water partition coefficient (Wildman–Crippen LogP) is 2.09. The van der Waals surface area contributed by atoms with Gasteiger partial charge in [-0.15, -0.1) is 0 Å². The fourth-order valence-electron chi connectivity index (χ4n) is 1.99. The van der Waals surface area contributed by atoms with Crippen molar-refractivity contribution in [2.75, 3.05) is 5.73 Å². The molecule has 0 heterocycles. The Hall–Kier alpha value is -1.29. The fraction of sp³-hybridized carbons (Fsp3) is 0.500. The maximum Gasteiger partial charge on any atom is 0.145 e. The molecule has 3 N–H and O–H groups in total. The number of aliphatic hydroxyl groups excluding tert-OH is 1. The van der Waals surface area contributed by atoms with Crippen LogP contribution >= 0.6 is 0 Å². The highest BCUT2D eigenvalue weighted by molar-refractivity contribution is 5.52. The summed E-state index contributed by atoms with van der Waals surface area (Å²) >= 11 is 0. The van der Waals surface area contributed by atoms with Crippen LogP contribution in [0.25, 0.3) is 0 Å². The Labute approximate surface area is 94.0 Å². The molecule has 16 heavy (non-hydrogen) atoms. The van der Waals surface area contributed by atoms with Crippen LogP contribution in [0.4, 0.5) is 10.1 Å². The van der Waals surface area contributed by atoms with E-state index in [0.29, 0.717) is 11.4 Å². The molecule has 0 amide bonds. The van der Waals surface area contributed by atoms with Crippen molar-refractivity contribution in [1.29, 1.82) is 0 Å². The van der Waals surface area contributed by atoms with Gasteiger partial charge in [0, 0.05) is 6.07 Å². The first-order valence-electron chi connectivity index (χ1n) is 5.56. The summed E-state index contributed by atoms with van der Waals surface area (Å²) < 4.78 is 18.6. The molecule has 0 saturated heterocycles. The van der Waals surface area contributed by atoms with Crippen molar-refractivity contribution in [3.8, 4) is 5.75 Å². The van der Waals surface area contributed by atoms with E-state index in [1.807, 2.05) is 0 Å². The molecule has 1 aromatic rings. The van der Waals surface area contributed by atoms with E-state index in [9.17, 15) is 9.50 Å². The van der Waals surface area contributed by atoms with E-state index in [-0.39, 0.29) is 11.9 Å². The molecule has 2 rings (SSSR count). The molecule has 1 unspecified atom stereocenters. The lowest BCUT2D eigenvalue weighted by molar-refractivity contribution is 0.00714. The van der Waals surface area contributed by atoms with Gasteiger partial charge in [-0.05, 0) is 31.4 Å². The van der Waals surface area contributed by atoms with Crippen molar-refractivity contribution in [2.45, 2.75) is 37.9 Å². The molecule has 1 aliphatic carbocycles. The zero-order chi connectivity index (χ0) is 11.5. The largest absolute Gasteiger partial charge is 0.485 e. The summed E-state index contributed by atoms with van der Waals surface area (Å²) in [5.41, 5.74) is 6.08. The van der Waals surface area contributed by atoms with Crippen molar-refractivity contribution in [3.63, 3.8) is 0 Å². The van der Waals surface area contributed by atoms with Crippen LogP contribution in [0.15, 0.2) is 18.2 Å². The highest BCUT2D eigenvalue weighted by atomic mass is 19.1. The molecule has 0 aliphatic heterocycles. The molecule has 0 aromatic heterocycles. The van der Waals surface area contributed by atoms with Crippen molar-refractivity contribution >= 4 is 5.69 Å². The Kier molecular flexibility index (Phi) is 3.29. The molecule has 1 fully saturated rings. The number of anilines is 1. The van der Waals surface area contributed by atoms with Crippen LogP contribution in [0.3, 0.4) is 0 Å². The zero-order valence-corrected chi connectivity index (χ0v) is 9.03. The Morgan fingerprint density at radius 2 is 2.06 bits per heavy atom. The summed E-state index contributed by atoms with van der Waals surface area (Å²) in [6.07, 6.45) is 2.82. The summed E-state index contributed by atoms with van der Waals surface area (Å²) in [5, 5.41) is 9.73. The highest BCUT2D eigenvalue weighted by Gasteiger charge is 2.25. The second kappa shape index (κ2) is 4.70. The van der Waals surface area contributed by atoms with Crippen LogP contribution in [-0.2, 0) is 0 Å². The van der Waals surface area contributed by atoms with Crippen molar-refractivity contribution in [1.82, 2.24) is 0 Å². The third kappa shape index (κ3) is 2.44. The lowest BCUT2D eigenvalue weighted by Crippen LogP contribution is -2.34. The molecule has 0 spiro atoms. The van der Waals surface area contributed by atoms with E-state index in [0.717, 1.165) is 25.7 Å². The quantitative estimate of drug-likeness (QED) is 0.758. The number of ether oxygens (including phenoxy) is 1. The smallest absolute Gasteiger partial charge is 0.145 e. The first kappa shape index (κ1) is 11.2. The van der Waals surface area contributed by atoms with Gasteiger partial charge in [-0.1, -0.05) is 6.42 Å². The Morgan fingerprint density at radius 3 is 2.81 bits per heavy atom. The van der Waals surface area contributed by atoms with Crippen LogP contribution in [0.2, 0.25) is 0 Å². The van der Waals surface area contributed by atoms with Crippen molar-refractivity contribution < 1.29 is 14.2 Å². The van der Waals surface area contributed by atoms with E-state index in [4.69, 9.17) is 10.5 Å². The molecule has 1 saturated carbocycles. The van der Waals surface area contributed by atoms with Gasteiger partial charge in [-0.25, -0.2) is 4.39 Å². The average molecular weight is 225 g/mol. The van der Waals surface area contributed by atoms with Gasteiger partial charge in [0.25, 0.3) is 0 Å². The molecule has 4 heteroatoms. The average Bonchev–Trinajstić information content (AvgIpc) is 2.27. The summed E-state index contributed by atoms with van der Waals surface area (Å²) in [6, 6.07) is 4.02. The molecular formula is C12H16FNO2. The van der Waals surface area contributed by atoms with Gasteiger partial charge in [0.05, 0.1) is 11.8 Å². The maximum absolute atomic E-state index is 13.0. The normalized spacial score (nSPS) is 25.4. The number of nitrogen functional groups attached to an aromatic ring is 1. The molecule has 0 radical (unpaired) electrons. The number of benzene rings is 1. The fourth-order valence-corrected chi connectivity index (χ4v) is 1.99. The number of hydrogen-bond donors (Lipinski definition) is 2. The predicted molar refractivity (Wildman–Crippen MR) is 59.7 cm³/mol. The second-order valence-electron chi connectivity index (χ2n) is 4.19. The van der Waals surface area contributed by atoms with Crippen LogP contribution in [0.5, 0.6) is 5.75 Å². The minimum Gasteiger partial charge on any atom is -0.485 e. The molecule has 1 aromatic carbocycles. The van der Waals surface area contributed by atoms with Gasteiger partial charge in [-0.3, -0.25) is 0 Å². The van der Waals surface area contributed by atoms with Crippen molar-refractivity contribution in [2.24, 2.45) is 0 Å². The summed E-state index contributed by atoms with van der Waals surface area (Å²) in [4.78, 5) is 0. The first-order chi connectivity index (χ1) is 7.66.